The molecule has 0 bridgehead atoms. The smallest absolute Gasteiger partial charge is 0.389 e. The molecule has 0 atom stereocenters. The average molecular weight is 274 g/mol. The molecular formula is C13H17F3N2O. The molecule has 1 saturated carbocycles. The van der Waals surface area contributed by atoms with Gasteiger partial charge in [-0.3, -0.25) is 0 Å². The Morgan fingerprint density at radius 2 is 2.11 bits per heavy atom. The van der Waals surface area contributed by atoms with Crippen molar-refractivity contribution in [1.82, 2.24) is 10.3 Å². The zero-order valence-corrected chi connectivity index (χ0v) is 10.5. The second-order valence-electron chi connectivity index (χ2n) is 4.73. The first-order valence-corrected chi connectivity index (χ1v) is 6.41. The van der Waals surface area contributed by atoms with Crippen molar-refractivity contribution in [3.8, 4) is 5.88 Å². The van der Waals surface area contributed by atoms with Gasteiger partial charge in [-0.25, -0.2) is 4.98 Å². The van der Waals surface area contributed by atoms with E-state index >= 15 is 0 Å². The highest BCUT2D eigenvalue weighted by Crippen LogP contribution is 2.21. The summed E-state index contributed by atoms with van der Waals surface area (Å²) in [5.74, 6) is 0.373. The SMILES string of the molecule is FC(F)(F)CCCOc1ccc(CNC2CC2)cn1. The fourth-order valence-corrected chi connectivity index (χ4v) is 1.60. The molecule has 0 aromatic carbocycles. The molecule has 1 aromatic rings. The molecule has 6 heteroatoms. The van der Waals surface area contributed by atoms with Gasteiger partial charge in [-0.05, 0) is 24.8 Å². The Balaban J connectivity index is 1.66. The van der Waals surface area contributed by atoms with Crippen LogP contribution in [0.2, 0.25) is 0 Å². The lowest BCUT2D eigenvalue weighted by molar-refractivity contribution is -0.136. The number of aromatic nitrogens is 1. The summed E-state index contributed by atoms with van der Waals surface area (Å²) < 4.78 is 40.9. The molecule has 3 nitrogen and oxygen atoms in total. The lowest BCUT2D eigenvalue weighted by atomic mass is 10.3. The highest BCUT2D eigenvalue weighted by atomic mass is 19.4. The topological polar surface area (TPSA) is 34.1 Å². The van der Waals surface area contributed by atoms with Crippen LogP contribution in [0.3, 0.4) is 0 Å². The number of hydrogen-bond acceptors (Lipinski definition) is 3. The molecule has 1 N–H and O–H groups in total. The molecule has 0 amide bonds. The van der Waals surface area contributed by atoms with Gasteiger partial charge in [0.1, 0.15) is 0 Å². The van der Waals surface area contributed by atoms with E-state index in [4.69, 9.17) is 4.74 Å². The van der Waals surface area contributed by atoms with Crippen molar-refractivity contribution in [2.45, 2.75) is 44.4 Å². The van der Waals surface area contributed by atoms with Gasteiger partial charge in [0.25, 0.3) is 0 Å². The van der Waals surface area contributed by atoms with Crippen LogP contribution in [-0.2, 0) is 6.54 Å². The third-order valence-corrected chi connectivity index (χ3v) is 2.82. The van der Waals surface area contributed by atoms with E-state index in [1.54, 1.807) is 12.3 Å². The summed E-state index contributed by atoms with van der Waals surface area (Å²) in [5.41, 5.74) is 1.05. The number of pyridine rings is 1. The molecule has 1 aromatic heterocycles. The second kappa shape index (κ2) is 6.23. The van der Waals surface area contributed by atoms with Crippen LogP contribution in [0.15, 0.2) is 18.3 Å². The summed E-state index contributed by atoms with van der Waals surface area (Å²) >= 11 is 0. The Labute approximate surface area is 110 Å². The van der Waals surface area contributed by atoms with Crippen molar-refractivity contribution < 1.29 is 17.9 Å². The van der Waals surface area contributed by atoms with Crippen LogP contribution in [0.25, 0.3) is 0 Å². The standard InChI is InChI=1S/C13H17F3N2O/c14-13(15,16)6-1-7-19-12-5-2-10(9-18-12)8-17-11-3-4-11/h2,5,9,11,17H,1,3-4,6-8H2. The minimum absolute atomic E-state index is 0.0339. The van der Waals surface area contributed by atoms with Crippen molar-refractivity contribution in [3.05, 3.63) is 23.9 Å². The minimum atomic E-state index is -4.12. The minimum Gasteiger partial charge on any atom is -0.478 e. The highest BCUT2D eigenvalue weighted by Gasteiger charge is 2.26. The molecule has 0 radical (unpaired) electrons. The summed E-state index contributed by atoms with van der Waals surface area (Å²) in [6, 6.07) is 4.21. The van der Waals surface area contributed by atoms with Gasteiger partial charge in [-0.1, -0.05) is 6.07 Å². The maximum Gasteiger partial charge on any atom is 0.389 e. The predicted octanol–water partition coefficient (Wildman–Crippen LogP) is 3.05. The Morgan fingerprint density at radius 1 is 1.32 bits per heavy atom. The van der Waals surface area contributed by atoms with Crippen molar-refractivity contribution >= 4 is 0 Å². The molecule has 0 unspecified atom stereocenters. The van der Waals surface area contributed by atoms with Crippen molar-refractivity contribution in [1.29, 1.82) is 0 Å². The van der Waals surface area contributed by atoms with Gasteiger partial charge >= 0.3 is 6.18 Å². The van der Waals surface area contributed by atoms with E-state index in [-0.39, 0.29) is 13.0 Å². The van der Waals surface area contributed by atoms with E-state index in [0.717, 1.165) is 12.1 Å². The van der Waals surface area contributed by atoms with E-state index in [1.165, 1.54) is 12.8 Å². The van der Waals surface area contributed by atoms with Crippen LogP contribution < -0.4 is 10.1 Å². The molecular weight excluding hydrogens is 257 g/mol. The van der Waals surface area contributed by atoms with Crippen molar-refractivity contribution in [3.63, 3.8) is 0 Å². The third kappa shape index (κ3) is 5.92. The maximum absolute atomic E-state index is 11.9. The van der Waals surface area contributed by atoms with E-state index in [9.17, 15) is 13.2 Å². The van der Waals surface area contributed by atoms with Crippen LogP contribution in [0.5, 0.6) is 5.88 Å². The quantitative estimate of drug-likeness (QED) is 0.776. The summed E-state index contributed by atoms with van der Waals surface area (Å²) in [6.07, 6.45) is -0.836. The number of ether oxygens (including phenoxy) is 1. The first kappa shape index (κ1) is 14.1. The van der Waals surface area contributed by atoms with Crippen LogP contribution in [0.1, 0.15) is 31.2 Å². The van der Waals surface area contributed by atoms with Crippen LogP contribution in [0.4, 0.5) is 13.2 Å². The van der Waals surface area contributed by atoms with Crippen LogP contribution in [0, 0.1) is 0 Å². The number of alkyl halides is 3. The van der Waals surface area contributed by atoms with Gasteiger partial charge in [-0.15, -0.1) is 0 Å². The third-order valence-electron chi connectivity index (χ3n) is 2.82. The van der Waals surface area contributed by atoms with E-state index in [0.29, 0.717) is 11.9 Å². The fourth-order valence-electron chi connectivity index (χ4n) is 1.60. The number of nitrogens with zero attached hydrogens (tertiary/aromatic N) is 1. The van der Waals surface area contributed by atoms with Gasteiger partial charge in [0.05, 0.1) is 6.61 Å². The monoisotopic (exact) mass is 274 g/mol. The number of hydrogen-bond donors (Lipinski definition) is 1. The van der Waals surface area contributed by atoms with Gasteiger partial charge in [0.15, 0.2) is 0 Å². The maximum atomic E-state index is 11.9. The van der Waals surface area contributed by atoms with Crippen molar-refractivity contribution in [2.24, 2.45) is 0 Å². The molecule has 1 aliphatic carbocycles. The number of halogens is 3. The first-order valence-electron chi connectivity index (χ1n) is 6.41. The first-order chi connectivity index (χ1) is 9.03. The Bertz CT molecular complexity index is 388. The zero-order chi connectivity index (χ0) is 13.7. The highest BCUT2D eigenvalue weighted by molar-refractivity contribution is 5.17. The molecule has 2 rings (SSSR count). The summed E-state index contributed by atoms with van der Waals surface area (Å²) in [4.78, 5) is 4.07. The zero-order valence-electron chi connectivity index (χ0n) is 10.5. The number of rotatable bonds is 7. The van der Waals surface area contributed by atoms with Gasteiger partial charge in [0, 0.05) is 31.3 Å². The average Bonchev–Trinajstić information content (AvgIpc) is 3.16. The lowest BCUT2D eigenvalue weighted by Crippen LogP contribution is -2.15. The van der Waals surface area contributed by atoms with Crippen LogP contribution >= 0.6 is 0 Å². The lowest BCUT2D eigenvalue weighted by Gasteiger charge is -2.08. The summed E-state index contributed by atoms with van der Waals surface area (Å²) in [7, 11) is 0. The number of nitrogens with one attached hydrogen (secondary N) is 1. The van der Waals surface area contributed by atoms with E-state index < -0.39 is 12.6 Å². The molecule has 106 valence electrons. The second-order valence-corrected chi connectivity index (χ2v) is 4.73. The largest absolute Gasteiger partial charge is 0.478 e. The van der Waals surface area contributed by atoms with Crippen LogP contribution in [-0.4, -0.2) is 23.8 Å². The van der Waals surface area contributed by atoms with E-state index in [1.807, 2.05) is 6.07 Å². The molecule has 0 aliphatic heterocycles. The molecule has 0 saturated heterocycles. The molecule has 1 heterocycles. The van der Waals surface area contributed by atoms with Gasteiger partial charge < -0.3 is 10.1 Å². The summed E-state index contributed by atoms with van der Waals surface area (Å²) in [6.45, 7) is 0.804. The van der Waals surface area contributed by atoms with Gasteiger partial charge in [0.2, 0.25) is 5.88 Å². The Kier molecular flexibility index (Phi) is 4.63. The molecule has 1 fully saturated rings. The Morgan fingerprint density at radius 3 is 2.68 bits per heavy atom. The normalized spacial score (nSPS) is 15.5. The molecule has 0 spiro atoms. The Hall–Kier alpha value is -1.30. The van der Waals surface area contributed by atoms with Crippen molar-refractivity contribution in [2.75, 3.05) is 6.61 Å². The molecule has 1 aliphatic rings. The summed E-state index contributed by atoms with van der Waals surface area (Å²) in [5, 5.41) is 3.36. The molecule has 19 heavy (non-hydrogen) atoms. The fraction of sp³-hybridized carbons (Fsp3) is 0.615. The van der Waals surface area contributed by atoms with E-state index in [2.05, 4.69) is 10.3 Å². The predicted molar refractivity (Wildman–Crippen MR) is 64.9 cm³/mol. The van der Waals surface area contributed by atoms with Gasteiger partial charge in [-0.2, -0.15) is 13.2 Å².